The molecule has 1 aromatic carbocycles. The zero-order valence-electron chi connectivity index (χ0n) is 10.9. The molecule has 0 radical (unpaired) electrons. The van der Waals surface area contributed by atoms with Gasteiger partial charge in [0, 0.05) is 12.2 Å². The Morgan fingerprint density at radius 2 is 1.80 bits per heavy atom. The molecule has 0 aromatic heterocycles. The van der Waals surface area contributed by atoms with Gasteiger partial charge < -0.3 is 10.4 Å². The molecule has 112 valence electrons. The minimum absolute atomic E-state index is 0.114. The number of nitrogens with one attached hydrogen (secondary N) is 1. The van der Waals surface area contributed by atoms with Gasteiger partial charge in [0.15, 0.2) is 0 Å². The Morgan fingerprint density at radius 1 is 1.30 bits per heavy atom. The summed E-state index contributed by atoms with van der Waals surface area (Å²) in [4.78, 5) is 10.4. The van der Waals surface area contributed by atoms with Crippen LogP contribution in [-0.2, 0) is 14.6 Å². The second kappa shape index (κ2) is 5.74. The molecule has 0 amide bonds. The summed E-state index contributed by atoms with van der Waals surface area (Å²) in [6.07, 6.45) is 0. The van der Waals surface area contributed by atoms with E-state index >= 15 is 0 Å². The van der Waals surface area contributed by atoms with Gasteiger partial charge in [-0.1, -0.05) is 0 Å². The van der Waals surface area contributed by atoms with E-state index in [-0.39, 0.29) is 6.54 Å². The number of benzene rings is 1. The highest BCUT2D eigenvalue weighted by atomic mass is 32.2. The molecule has 0 atom stereocenters. The topological polar surface area (TPSA) is 83.5 Å². The molecule has 0 aliphatic heterocycles. The van der Waals surface area contributed by atoms with Crippen molar-refractivity contribution in [3.63, 3.8) is 0 Å². The molecule has 2 N–H and O–H groups in total. The van der Waals surface area contributed by atoms with Crippen molar-refractivity contribution >= 4 is 21.5 Å². The molecule has 0 aliphatic rings. The van der Waals surface area contributed by atoms with Crippen LogP contribution in [0.2, 0.25) is 0 Å². The van der Waals surface area contributed by atoms with Crippen LogP contribution in [0.15, 0.2) is 29.2 Å². The number of halogens is 2. The summed E-state index contributed by atoms with van der Waals surface area (Å²) < 4.78 is 47.0. The minimum Gasteiger partial charge on any atom is -0.481 e. The fraction of sp³-hybridized carbons (Fsp3) is 0.417. The number of anilines is 1. The Balaban J connectivity index is 2.81. The largest absolute Gasteiger partial charge is 0.481 e. The summed E-state index contributed by atoms with van der Waals surface area (Å²) in [7, 11) is -4.61. The Kier molecular flexibility index (Phi) is 4.69. The third kappa shape index (κ3) is 3.66. The molecule has 0 unspecified atom stereocenters. The maximum atomic E-state index is 12.3. The van der Waals surface area contributed by atoms with E-state index in [1.54, 1.807) is 0 Å². The number of carboxylic acids is 1. The van der Waals surface area contributed by atoms with Crippen LogP contribution >= 0.6 is 0 Å². The third-order valence-corrected chi connectivity index (χ3v) is 4.13. The minimum atomic E-state index is -4.61. The van der Waals surface area contributed by atoms with Gasteiger partial charge in [0.1, 0.15) is 0 Å². The predicted octanol–water partition coefficient (Wildman–Crippen LogP) is 2.21. The molecule has 0 bridgehead atoms. The molecule has 8 heteroatoms. The van der Waals surface area contributed by atoms with Gasteiger partial charge in [-0.15, -0.1) is 0 Å². The summed E-state index contributed by atoms with van der Waals surface area (Å²) >= 11 is 0. The zero-order chi connectivity index (χ0) is 15.6. The lowest BCUT2D eigenvalue weighted by Crippen LogP contribution is -2.31. The SMILES string of the molecule is CC(C)(CNc1ccc(S(=O)(=O)C(F)F)cc1)C(=O)O. The zero-order valence-corrected chi connectivity index (χ0v) is 11.7. The van der Waals surface area contributed by atoms with Crippen molar-refractivity contribution in [3.8, 4) is 0 Å². The molecule has 1 aromatic rings. The first-order valence-corrected chi connectivity index (χ1v) is 7.21. The Labute approximate surface area is 115 Å². The van der Waals surface area contributed by atoms with Crippen molar-refractivity contribution < 1.29 is 27.1 Å². The molecule has 0 spiro atoms. The van der Waals surface area contributed by atoms with Crippen LogP contribution in [0.4, 0.5) is 14.5 Å². The molecule has 1 rings (SSSR count). The van der Waals surface area contributed by atoms with Gasteiger partial charge in [0.05, 0.1) is 10.3 Å². The van der Waals surface area contributed by atoms with Gasteiger partial charge >= 0.3 is 11.7 Å². The lowest BCUT2D eigenvalue weighted by Gasteiger charge is -2.20. The highest BCUT2D eigenvalue weighted by Gasteiger charge is 2.28. The van der Waals surface area contributed by atoms with Crippen molar-refractivity contribution in [2.24, 2.45) is 5.41 Å². The van der Waals surface area contributed by atoms with E-state index in [1.807, 2.05) is 0 Å². The van der Waals surface area contributed by atoms with Crippen molar-refractivity contribution in [1.82, 2.24) is 0 Å². The van der Waals surface area contributed by atoms with Crippen LogP contribution in [0.25, 0.3) is 0 Å². The lowest BCUT2D eigenvalue weighted by atomic mass is 9.94. The molecule has 0 aliphatic carbocycles. The second-order valence-electron chi connectivity index (χ2n) is 4.87. The van der Waals surface area contributed by atoms with Crippen LogP contribution in [-0.4, -0.2) is 31.8 Å². The average Bonchev–Trinajstić information content (AvgIpc) is 2.36. The number of alkyl halides is 2. The van der Waals surface area contributed by atoms with Crippen LogP contribution in [0, 0.1) is 5.41 Å². The van der Waals surface area contributed by atoms with Crippen molar-refractivity contribution in [2.45, 2.75) is 24.5 Å². The normalized spacial score (nSPS) is 12.4. The predicted molar refractivity (Wildman–Crippen MR) is 69.5 cm³/mol. The van der Waals surface area contributed by atoms with E-state index in [2.05, 4.69) is 5.32 Å². The van der Waals surface area contributed by atoms with Gasteiger partial charge in [0.2, 0.25) is 9.84 Å². The first kappa shape index (κ1) is 16.4. The van der Waals surface area contributed by atoms with Crippen molar-refractivity contribution in [2.75, 3.05) is 11.9 Å². The standard InChI is InChI=1S/C12H15F2NO4S/c1-12(2,10(16)17)7-15-8-3-5-9(6-4-8)20(18,19)11(13)14/h3-6,11,15H,7H2,1-2H3,(H,16,17). The van der Waals surface area contributed by atoms with Crippen LogP contribution in [0.5, 0.6) is 0 Å². The Bertz CT molecular complexity index is 582. The number of hydrogen-bond acceptors (Lipinski definition) is 4. The van der Waals surface area contributed by atoms with E-state index in [4.69, 9.17) is 5.11 Å². The summed E-state index contributed by atoms with van der Waals surface area (Å²) in [5.41, 5.74) is -0.555. The van der Waals surface area contributed by atoms with E-state index in [1.165, 1.54) is 26.0 Å². The average molecular weight is 307 g/mol. The lowest BCUT2D eigenvalue weighted by molar-refractivity contribution is -0.146. The van der Waals surface area contributed by atoms with Gasteiger partial charge in [-0.3, -0.25) is 4.79 Å². The number of carboxylic acid groups (broad SMARTS) is 1. The molecule has 0 saturated heterocycles. The van der Waals surface area contributed by atoms with Crippen LogP contribution in [0.3, 0.4) is 0 Å². The number of rotatable bonds is 6. The molecule has 5 nitrogen and oxygen atoms in total. The molecule has 0 heterocycles. The van der Waals surface area contributed by atoms with Crippen LogP contribution in [0.1, 0.15) is 13.8 Å². The molecule has 0 fully saturated rings. The molecule has 20 heavy (non-hydrogen) atoms. The quantitative estimate of drug-likeness (QED) is 0.842. The van der Waals surface area contributed by atoms with Gasteiger partial charge in [-0.25, -0.2) is 8.42 Å². The molecular formula is C12H15F2NO4S. The Morgan fingerprint density at radius 3 is 2.20 bits per heavy atom. The van der Waals surface area contributed by atoms with Gasteiger partial charge in [-0.2, -0.15) is 8.78 Å². The number of hydrogen-bond donors (Lipinski definition) is 2. The number of carbonyl (C=O) groups is 1. The van der Waals surface area contributed by atoms with E-state index in [9.17, 15) is 22.0 Å². The Hall–Kier alpha value is -1.70. The van der Waals surface area contributed by atoms with E-state index in [0.29, 0.717) is 5.69 Å². The smallest absolute Gasteiger partial charge is 0.341 e. The third-order valence-electron chi connectivity index (χ3n) is 2.73. The van der Waals surface area contributed by atoms with Gasteiger partial charge in [-0.05, 0) is 38.1 Å². The number of sulfone groups is 1. The fourth-order valence-corrected chi connectivity index (χ4v) is 1.99. The summed E-state index contributed by atoms with van der Waals surface area (Å²) in [5.74, 6) is -4.45. The second-order valence-corrected chi connectivity index (χ2v) is 6.79. The highest BCUT2D eigenvalue weighted by Crippen LogP contribution is 2.21. The fourth-order valence-electron chi connectivity index (χ4n) is 1.26. The highest BCUT2D eigenvalue weighted by molar-refractivity contribution is 7.91. The summed E-state index contributed by atoms with van der Waals surface area (Å²) in [6.45, 7) is 3.17. The van der Waals surface area contributed by atoms with Crippen molar-refractivity contribution in [1.29, 1.82) is 0 Å². The summed E-state index contributed by atoms with van der Waals surface area (Å²) in [6, 6.07) is 4.73. The van der Waals surface area contributed by atoms with Gasteiger partial charge in [0.25, 0.3) is 0 Å². The maximum Gasteiger partial charge on any atom is 0.341 e. The van der Waals surface area contributed by atoms with E-state index in [0.717, 1.165) is 12.1 Å². The van der Waals surface area contributed by atoms with Crippen molar-refractivity contribution in [3.05, 3.63) is 24.3 Å². The van der Waals surface area contributed by atoms with E-state index < -0.39 is 31.9 Å². The maximum absolute atomic E-state index is 12.3. The first-order valence-electron chi connectivity index (χ1n) is 5.67. The molecular weight excluding hydrogens is 292 g/mol. The number of aliphatic carboxylic acids is 1. The van der Waals surface area contributed by atoms with Crippen LogP contribution < -0.4 is 5.32 Å². The monoisotopic (exact) mass is 307 g/mol. The first-order chi connectivity index (χ1) is 9.07. The molecule has 0 saturated carbocycles. The summed E-state index contributed by atoms with van der Waals surface area (Å²) in [5, 5.41) is 11.7.